The maximum absolute atomic E-state index is 12.1. The van der Waals surface area contributed by atoms with Crippen molar-refractivity contribution in [3.8, 4) is 0 Å². The van der Waals surface area contributed by atoms with E-state index in [4.69, 9.17) is 11.6 Å². The summed E-state index contributed by atoms with van der Waals surface area (Å²) in [5.74, 6) is 0.695. The van der Waals surface area contributed by atoms with Gasteiger partial charge in [0.15, 0.2) is 0 Å². The molecular weight excluding hydrogens is 266 g/mol. The van der Waals surface area contributed by atoms with Gasteiger partial charge in [-0.25, -0.2) is 4.98 Å². The van der Waals surface area contributed by atoms with Crippen LogP contribution in [0.4, 0.5) is 5.82 Å². The molecule has 2 heterocycles. The number of pyridine rings is 1. The fraction of sp³-hybridized carbons (Fsp3) is 0.538. The van der Waals surface area contributed by atoms with Gasteiger partial charge in [0.05, 0.1) is 17.2 Å². The van der Waals surface area contributed by atoms with Crippen LogP contribution in [0, 0.1) is 0 Å². The van der Waals surface area contributed by atoms with E-state index in [0.29, 0.717) is 30.4 Å². The van der Waals surface area contributed by atoms with Crippen molar-refractivity contribution in [3.63, 3.8) is 0 Å². The van der Waals surface area contributed by atoms with E-state index in [2.05, 4.69) is 4.98 Å². The number of nitrogens with zero attached hydrogens (tertiary/aromatic N) is 3. The highest BCUT2D eigenvalue weighted by atomic mass is 35.5. The van der Waals surface area contributed by atoms with E-state index in [1.165, 1.54) is 0 Å². The van der Waals surface area contributed by atoms with E-state index in [9.17, 15) is 9.90 Å². The zero-order valence-corrected chi connectivity index (χ0v) is 11.9. The third-order valence-corrected chi connectivity index (χ3v) is 3.50. The molecule has 1 amide bonds. The molecule has 2 rings (SSSR count). The van der Waals surface area contributed by atoms with Crippen LogP contribution in [0.2, 0.25) is 5.02 Å². The number of amides is 1. The first-order chi connectivity index (χ1) is 8.87. The van der Waals surface area contributed by atoms with Gasteiger partial charge in [0.2, 0.25) is 5.91 Å². The smallest absolute Gasteiger partial charge is 0.242 e. The molecule has 0 saturated carbocycles. The summed E-state index contributed by atoms with van der Waals surface area (Å²) in [6, 6.07) is 3.52. The van der Waals surface area contributed by atoms with E-state index in [-0.39, 0.29) is 12.5 Å². The minimum atomic E-state index is -0.757. The molecular formula is C13H18ClN3O2. The summed E-state index contributed by atoms with van der Waals surface area (Å²) < 4.78 is 0. The first-order valence-corrected chi connectivity index (χ1v) is 6.58. The number of aromatic nitrogens is 1. The van der Waals surface area contributed by atoms with Gasteiger partial charge >= 0.3 is 0 Å². The number of anilines is 1. The van der Waals surface area contributed by atoms with Crippen molar-refractivity contribution in [2.24, 2.45) is 0 Å². The van der Waals surface area contributed by atoms with Crippen LogP contribution in [0.15, 0.2) is 18.3 Å². The Labute approximate surface area is 117 Å². The zero-order chi connectivity index (χ0) is 14.0. The second-order valence-electron chi connectivity index (χ2n) is 5.25. The lowest BCUT2D eigenvalue weighted by Crippen LogP contribution is -2.40. The van der Waals surface area contributed by atoms with Crippen LogP contribution in [-0.4, -0.2) is 53.2 Å². The maximum atomic E-state index is 12.1. The molecule has 19 heavy (non-hydrogen) atoms. The van der Waals surface area contributed by atoms with Crippen molar-refractivity contribution in [3.05, 3.63) is 23.4 Å². The first-order valence-electron chi connectivity index (χ1n) is 6.20. The van der Waals surface area contributed by atoms with Gasteiger partial charge in [0, 0.05) is 26.3 Å². The van der Waals surface area contributed by atoms with Crippen molar-refractivity contribution in [1.82, 2.24) is 9.88 Å². The van der Waals surface area contributed by atoms with Crippen molar-refractivity contribution < 1.29 is 9.90 Å². The third-order valence-electron chi connectivity index (χ3n) is 3.28. The molecule has 1 unspecified atom stereocenters. The fourth-order valence-electron chi connectivity index (χ4n) is 2.14. The standard InChI is InChI=1S/C13H18ClN3O2/c1-13(19)5-6-17(9-13)12(18)8-16(2)11-4-3-10(14)7-15-11/h3-4,7,19H,5-6,8-9H2,1-2H3. The Kier molecular flexibility index (Phi) is 3.96. The molecule has 0 radical (unpaired) electrons. The SMILES string of the molecule is CN(CC(=O)N1CCC(C)(O)C1)c1ccc(Cl)cn1. The summed E-state index contributed by atoms with van der Waals surface area (Å²) in [7, 11) is 1.81. The quantitative estimate of drug-likeness (QED) is 0.904. The number of rotatable bonds is 3. The lowest BCUT2D eigenvalue weighted by atomic mass is 10.1. The number of halogens is 1. The van der Waals surface area contributed by atoms with Crippen LogP contribution in [-0.2, 0) is 4.79 Å². The van der Waals surface area contributed by atoms with E-state index in [1.54, 1.807) is 35.1 Å². The summed E-state index contributed by atoms with van der Waals surface area (Å²) in [5, 5.41) is 10.4. The number of hydrogen-bond donors (Lipinski definition) is 1. The van der Waals surface area contributed by atoms with E-state index < -0.39 is 5.60 Å². The lowest BCUT2D eigenvalue weighted by Gasteiger charge is -2.23. The number of β-amino-alcohol motifs (C(OH)–C–C–N with tert-alkyl or cyclic N) is 1. The number of carbonyl (C=O) groups is 1. The summed E-state index contributed by atoms with van der Waals surface area (Å²) in [4.78, 5) is 19.7. The molecule has 104 valence electrons. The van der Waals surface area contributed by atoms with Gasteiger partial charge in [0.1, 0.15) is 5.82 Å². The topological polar surface area (TPSA) is 56.7 Å². The van der Waals surface area contributed by atoms with Crippen LogP contribution in [0.1, 0.15) is 13.3 Å². The average Bonchev–Trinajstić information content (AvgIpc) is 2.70. The van der Waals surface area contributed by atoms with Crippen LogP contribution in [0.5, 0.6) is 0 Å². The predicted octanol–water partition coefficient (Wildman–Crippen LogP) is 1.15. The highest BCUT2D eigenvalue weighted by Gasteiger charge is 2.34. The van der Waals surface area contributed by atoms with E-state index in [0.717, 1.165) is 0 Å². The summed E-state index contributed by atoms with van der Waals surface area (Å²) >= 11 is 5.77. The van der Waals surface area contributed by atoms with E-state index in [1.807, 2.05) is 7.05 Å². The van der Waals surface area contributed by atoms with E-state index >= 15 is 0 Å². The van der Waals surface area contributed by atoms with Crippen molar-refractivity contribution in [2.45, 2.75) is 18.9 Å². The molecule has 1 fully saturated rings. The minimum Gasteiger partial charge on any atom is -0.388 e. The highest BCUT2D eigenvalue weighted by Crippen LogP contribution is 2.20. The van der Waals surface area contributed by atoms with Gasteiger partial charge < -0.3 is 14.9 Å². The molecule has 1 aliphatic heterocycles. The number of likely N-dealkylation sites (N-methyl/N-ethyl adjacent to an activating group) is 1. The molecule has 1 aliphatic rings. The number of likely N-dealkylation sites (tertiary alicyclic amines) is 1. The Balaban J connectivity index is 1.94. The Bertz CT molecular complexity index is 461. The van der Waals surface area contributed by atoms with Gasteiger partial charge in [-0.2, -0.15) is 0 Å². The molecule has 0 spiro atoms. The molecule has 5 nitrogen and oxygen atoms in total. The summed E-state index contributed by atoms with van der Waals surface area (Å²) in [6.07, 6.45) is 2.18. The Hall–Kier alpha value is -1.33. The number of aliphatic hydroxyl groups is 1. The minimum absolute atomic E-state index is 0.00275. The zero-order valence-electron chi connectivity index (χ0n) is 11.1. The van der Waals surface area contributed by atoms with Crippen LogP contribution < -0.4 is 4.90 Å². The predicted molar refractivity (Wildman–Crippen MR) is 74.3 cm³/mol. The third kappa shape index (κ3) is 3.58. The average molecular weight is 284 g/mol. The van der Waals surface area contributed by atoms with Crippen molar-refractivity contribution >= 4 is 23.3 Å². The summed E-state index contributed by atoms with van der Waals surface area (Å²) in [5.41, 5.74) is -0.757. The molecule has 0 aliphatic carbocycles. The highest BCUT2D eigenvalue weighted by molar-refractivity contribution is 6.30. The maximum Gasteiger partial charge on any atom is 0.242 e. The summed E-state index contributed by atoms with van der Waals surface area (Å²) in [6.45, 7) is 3.00. The largest absolute Gasteiger partial charge is 0.388 e. The van der Waals surface area contributed by atoms with Gasteiger partial charge in [-0.15, -0.1) is 0 Å². The first kappa shape index (κ1) is 14.1. The Morgan fingerprint density at radius 3 is 2.89 bits per heavy atom. The molecule has 6 heteroatoms. The molecule has 1 aromatic heterocycles. The molecule has 1 saturated heterocycles. The van der Waals surface area contributed by atoms with Gasteiger partial charge in [0.25, 0.3) is 0 Å². The number of hydrogen-bond acceptors (Lipinski definition) is 4. The normalized spacial score (nSPS) is 22.6. The van der Waals surface area contributed by atoms with Gasteiger partial charge in [-0.3, -0.25) is 4.79 Å². The molecule has 0 aromatic carbocycles. The Morgan fingerprint density at radius 2 is 2.37 bits per heavy atom. The van der Waals surface area contributed by atoms with Crippen LogP contribution in [0.3, 0.4) is 0 Å². The number of carbonyl (C=O) groups excluding carboxylic acids is 1. The molecule has 1 N–H and O–H groups in total. The molecule has 1 aromatic rings. The van der Waals surface area contributed by atoms with Gasteiger partial charge in [-0.05, 0) is 25.5 Å². The van der Waals surface area contributed by atoms with Crippen molar-refractivity contribution in [2.75, 3.05) is 31.6 Å². The van der Waals surface area contributed by atoms with Crippen LogP contribution >= 0.6 is 11.6 Å². The second kappa shape index (κ2) is 5.35. The fourth-order valence-corrected chi connectivity index (χ4v) is 2.25. The molecule has 1 atom stereocenters. The lowest BCUT2D eigenvalue weighted by molar-refractivity contribution is -0.129. The molecule has 0 bridgehead atoms. The van der Waals surface area contributed by atoms with Crippen molar-refractivity contribution in [1.29, 1.82) is 0 Å². The second-order valence-corrected chi connectivity index (χ2v) is 5.69. The Morgan fingerprint density at radius 1 is 1.63 bits per heavy atom. The van der Waals surface area contributed by atoms with Crippen LogP contribution in [0.25, 0.3) is 0 Å². The monoisotopic (exact) mass is 283 g/mol. The van der Waals surface area contributed by atoms with Gasteiger partial charge in [-0.1, -0.05) is 11.6 Å².